The van der Waals surface area contributed by atoms with Crippen molar-refractivity contribution in [3.8, 4) is 0 Å². The van der Waals surface area contributed by atoms with E-state index in [0.717, 1.165) is 19.5 Å². The summed E-state index contributed by atoms with van der Waals surface area (Å²) < 4.78 is 0. The van der Waals surface area contributed by atoms with Crippen LogP contribution in [0.2, 0.25) is 0 Å². The normalized spacial score (nSPS) is 32.3. The van der Waals surface area contributed by atoms with Crippen LogP contribution in [0.1, 0.15) is 19.8 Å². The van der Waals surface area contributed by atoms with Gasteiger partial charge in [-0.15, -0.1) is 0 Å². The molecule has 2 rings (SSSR count). The van der Waals surface area contributed by atoms with Crippen molar-refractivity contribution in [2.75, 3.05) is 33.2 Å². The van der Waals surface area contributed by atoms with E-state index in [0.29, 0.717) is 19.5 Å². The van der Waals surface area contributed by atoms with Crippen LogP contribution in [-0.4, -0.2) is 66.2 Å². The second-order valence-electron chi connectivity index (χ2n) is 5.85. The lowest BCUT2D eigenvalue weighted by atomic mass is 9.87. The Hall–Kier alpha value is -1.30. The second kappa shape index (κ2) is 5.77. The number of carbonyl (C=O) groups is 2. The van der Waals surface area contributed by atoms with Crippen LogP contribution in [0, 0.1) is 11.8 Å². The van der Waals surface area contributed by atoms with Gasteiger partial charge in [-0.25, -0.2) is 4.79 Å². The summed E-state index contributed by atoms with van der Waals surface area (Å²) in [5.41, 5.74) is 0. The molecule has 0 saturated carbocycles. The van der Waals surface area contributed by atoms with Crippen molar-refractivity contribution in [1.82, 2.24) is 15.1 Å². The maximum atomic E-state index is 12.1. The highest BCUT2D eigenvalue weighted by molar-refractivity contribution is 5.76. The summed E-state index contributed by atoms with van der Waals surface area (Å²) >= 11 is 0. The Bertz CT molecular complexity index is 361. The first kappa shape index (κ1) is 14.1. The molecule has 0 radical (unpaired) electrons. The smallest absolute Gasteiger partial charge is 0.317 e. The highest BCUT2D eigenvalue weighted by Gasteiger charge is 2.33. The Kier molecular flexibility index (Phi) is 4.29. The van der Waals surface area contributed by atoms with E-state index in [1.54, 1.807) is 4.90 Å². The van der Waals surface area contributed by atoms with Gasteiger partial charge in [0.05, 0.1) is 5.92 Å². The zero-order valence-electron chi connectivity index (χ0n) is 11.6. The Morgan fingerprint density at radius 3 is 2.47 bits per heavy atom. The van der Waals surface area contributed by atoms with Crippen LogP contribution in [0.4, 0.5) is 4.79 Å². The van der Waals surface area contributed by atoms with Gasteiger partial charge < -0.3 is 20.2 Å². The van der Waals surface area contributed by atoms with E-state index in [2.05, 4.69) is 10.2 Å². The summed E-state index contributed by atoms with van der Waals surface area (Å²) in [7, 11) is 2.05. The third-order valence-corrected chi connectivity index (χ3v) is 4.23. The van der Waals surface area contributed by atoms with Crippen molar-refractivity contribution in [2.24, 2.45) is 11.8 Å². The number of hydrogen-bond acceptors (Lipinski definition) is 3. The van der Waals surface area contributed by atoms with Crippen molar-refractivity contribution in [3.63, 3.8) is 0 Å². The van der Waals surface area contributed by atoms with E-state index < -0.39 is 5.97 Å². The summed E-state index contributed by atoms with van der Waals surface area (Å²) in [5.74, 6) is -1.05. The molecule has 6 nitrogen and oxygen atoms in total. The van der Waals surface area contributed by atoms with Gasteiger partial charge in [0.2, 0.25) is 0 Å². The van der Waals surface area contributed by atoms with Crippen LogP contribution in [0.5, 0.6) is 0 Å². The number of carboxylic acids is 1. The molecule has 0 spiro atoms. The van der Waals surface area contributed by atoms with Crippen LogP contribution in [-0.2, 0) is 4.79 Å². The van der Waals surface area contributed by atoms with E-state index >= 15 is 0 Å². The lowest BCUT2D eigenvalue weighted by molar-refractivity contribution is -0.145. The molecule has 0 aromatic rings. The molecule has 3 atom stereocenters. The lowest BCUT2D eigenvalue weighted by Crippen LogP contribution is -2.51. The minimum atomic E-state index is -0.745. The van der Waals surface area contributed by atoms with Gasteiger partial charge in [-0.2, -0.15) is 0 Å². The summed E-state index contributed by atoms with van der Waals surface area (Å²) in [4.78, 5) is 27.1. The number of hydrogen-bond donors (Lipinski definition) is 2. The Morgan fingerprint density at radius 1 is 1.21 bits per heavy atom. The van der Waals surface area contributed by atoms with E-state index in [9.17, 15) is 9.59 Å². The fourth-order valence-electron chi connectivity index (χ4n) is 3.02. The molecule has 2 aliphatic heterocycles. The van der Waals surface area contributed by atoms with Crippen molar-refractivity contribution in [1.29, 1.82) is 0 Å². The summed E-state index contributed by atoms with van der Waals surface area (Å²) in [6, 6.07) is 0.181. The monoisotopic (exact) mass is 269 g/mol. The molecule has 19 heavy (non-hydrogen) atoms. The predicted molar refractivity (Wildman–Crippen MR) is 70.9 cm³/mol. The van der Waals surface area contributed by atoms with E-state index in [-0.39, 0.29) is 23.9 Å². The third-order valence-electron chi connectivity index (χ3n) is 4.23. The molecule has 2 fully saturated rings. The average molecular weight is 269 g/mol. The van der Waals surface area contributed by atoms with Gasteiger partial charge in [-0.1, -0.05) is 6.92 Å². The van der Waals surface area contributed by atoms with E-state index in [1.165, 1.54) is 0 Å². The topological polar surface area (TPSA) is 72.9 Å². The number of amides is 2. The number of aliphatic carboxylic acids is 1. The van der Waals surface area contributed by atoms with Gasteiger partial charge in [0, 0.05) is 25.7 Å². The molecule has 2 saturated heterocycles. The van der Waals surface area contributed by atoms with Gasteiger partial charge in [-0.3, -0.25) is 4.79 Å². The molecule has 2 amide bonds. The minimum absolute atomic E-state index is 0.0169. The number of carboxylic acid groups (broad SMARTS) is 1. The minimum Gasteiger partial charge on any atom is -0.481 e. The zero-order chi connectivity index (χ0) is 14.0. The number of piperidine rings is 1. The summed E-state index contributed by atoms with van der Waals surface area (Å²) in [6.45, 7) is 4.89. The maximum absolute atomic E-state index is 12.1. The number of likely N-dealkylation sites (N-methyl/N-ethyl adjacent to an activating group) is 1. The first-order valence-electron chi connectivity index (χ1n) is 6.94. The van der Waals surface area contributed by atoms with E-state index in [4.69, 9.17) is 5.11 Å². The largest absolute Gasteiger partial charge is 0.481 e. The number of likely N-dealkylation sites (tertiary alicyclic amines) is 2. The van der Waals surface area contributed by atoms with Crippen molar-refractivity contribution < 1.29 is 14.7 Å². The van der Waals surface area contributed by atoms with Gasteiger partial charge in [0.15, 0.2) is 0 Å². The fraction of sp³-hybridized carbons (Fsp3) is 0.846. The van der Waals surface area contributed by atoms with Gasteiger partial charge in [0.25, 0.3) is 0 Å². The Labute approximate surface area is 113 Å². The van der Waals surface area contributed by atoms with Gasteiger partial charge >= 0.3 is 12.0 Å². The van der Waals surface area contributed by atoms with Gasteiger partial charge in [-0.05, 0) is 32.4 Å². The molecule has 0 aromatic carbocycles. The maximum Gasteiger partial charge on any atom is 0.317 e. The molecule has 0 bridgehead atoms. The number of carbonyl (C=O) groups excluding carboxylic acids is 1. The van der Waals surface area contributed by atoms with E-state index in [1.807, 2.05) is 14.0 Å². The van der Waals surface area contributed by atoms with Crippen molar-refractivity contribution in [3.05, 3.63) is 0 Å². The molecule has 108 valence electrons. The number of rotatable bonds is 2. The molecule has 3 unspecified atom stereocenters. The fourth-order valence-corrected chi connectivity index (χ4v) is 3.02. The van der Waals surface area contributed by atoms with Crippen LogP contribution in [0.25, 0.3) is 0 Å². The molecule has 0 aromatic heterocycles. The quantitative estimate of drug-likeness (QED) is 0.763. The zero-order valence-corrected chi connectivity index (χ0v) is 11.6. The number of nitrogens with zero attached hydrogens (tertiary/aromatic N) is 2. The molecule has 2 N–H and O–H groups in total. The first-order valence-corrected chi connectivity index (χ1v) is 6.94. The van der Waals surface area contributed by atoms with Crippen molar-refractivity contribution >= 4 is 12.0 Å². The standard InChI is InChI=1S/C13H23N3O3/c1-9-7-16(6-4-11(9)12(17)18)13(19)14-10-3-5-15(2)8-10/h9-11H,3-8H2,1-2H3,(H,14,19)(H,17,18). The highest BCUT2D eigenvalue weighted by atomic mass is 16.4. The molecule has 2 heterocycles. The van der Waals surface area contributed by atoms with Gasteiger partial charge in [0.1, 0.15) is 0 Å². The second-order valence-corrected chi connectivity index (χ2v) is 5.85. The van der Waals surface area contributed by atoms with Crippen LogP contribution in [0.3, 0.4) is 0 Å². The Balaban J connectivity index is 1.83. The first-order chi connectivity index (χ1) is 8.97. The SMILES string of the molecule is CC1CN(C(=O)NC2CCN(C)C2)CCC1C(=O)O. The molecule has 2 aliphatic rings. The molecule has 6 heteroatoms. The predicted octanol–water partition coefficient (Wildman–Crippen LogP) is 0.443. The number of urea groups is 1. The third kappa shape index (κ3) is 3.37. The lowest BCUT2D eigenvalue weighted by Gasteiger charge is -2.35. The summed E-state index contributed by atoms with van der Waals surface area (Å²) in [5, 5.41) is 12.1. The number of nitrogens with one attached hydrogen (secondary N) is 1. The molecular weight excluding hydrogens is 246 g/mol. The average Bonchev–Trinajstić information content (AvgIpc) is 2.74. The highest BCUT2D eigenvalue weighted by Crippen LogP contribution is 2.23. The Morgan fingerprint density at radius 2 is 1.95 bits per heavy atom. The molecular formula is C13H23N3O3. The van der Waals surface area contributed by atoms with Crippen LogP contribution in [0.15, 0.2) is 0 Å². The van der Waals surface area contributed by atoms with Crippen LogP contribution >= 0.6 is 0 Å². The summed E-state index contributed by atoms with van der Waals surface area (Å²) in [6.07, 6.45) is 1.54. The van der Waals surface area contributed by atoms with Crippen molar-refractivity contribution in [2.45, 2.75) is 25.8 Å². The molecule has 0 aliphatic carbocycles. The van der Waals surface area contributed by atoms with Crippen LogP contribution < -0.4 is 5.32 Å².